The van der Waals surface area contributed by atoms with Gasteiger partial charge in [-0.05, 0) is 55.0 Å². The maximum atomic E-state index is 12.7. The van der Waals surface area contributed by atoms with Crippen molar-refractivity contribution in [3.05, 3.63) is 88.9 Å². The molecule has 0 bridgehead atoms. The van der Waals surface area contributed by atoms with E-state index >= 15 is 0 Å². The van der Waals surface area contributed by atoms with Crippen LogP contribution in [0.3, 0.4) is 0 Å². The number of carbonyl (C=O) groups is 2. The maximum Gasteiger partial charge on any atom is 0.261 e. The number of sulfonamides is 1. The SMILES string of the molecule is Cc1ccccc1NS(=O)(=O)c1ccc(C(=O)N(C)CC(=O)Nc2ccccc2Cl)cc1. The summed E-state index contributed by atoms with van der Waals surface area (Å²) in [5, 5.41) is 3.05. The maximum absolute atomic E-state index is 12.7. The van der Waals surface area contributed by atoms with Gasteiger partial charge in [0.1, 0.15) is 0 Å². The molecule has 3 aromatic carbocycles. The number of para-hydroxylation sites is 2. The van der Waals surface area contributed by atoms with E-state index in [0.717, 1.165) is 5.56 Å². The number of likely N-dealkylation sites (N-methyl/N-ethyl adjacent to an activating group) is 1. The molecule has 2 N–H and O–H groups in total. The molecule has 32 heavy (non-hydrogen) atoms. The predicted octanol–water partition coefficient (Wildman–Crippen LogP) is 4.16. The van der Waals surface area contributed by atoms with E-state index in [1.54, 1.807) is 49.4 Å². The van der Waals surface area contributed by atoms with Gasteiger partial charge in [-0.25, -0.2) is 8.42 Å². The van der Waals surface area contributed by atoms with Crippen LogP contribution in [0.4, 0.5) is 11.4 Å². The zero-order valence-electron chi connectivity index (χ0n) is 17.5. The number of aryl methyl sites for hydroxylation is 1. The number of benzene rings is 3. The first-order valence-corrected chi connectivity index (χ1v) is 11.5. The minimum atomic E-state index is -3.81. The molecule has 0 saturated carbocycles. The largest absolute Gasteiger partial charge is 0.332 e. The van der Waals surface area contributed by atoms with Crippen LogP contribution < -0.4 is 10.0 Å². The Hall–Kier alpha value is -3.36. The van der Waals surface area contributed by atoms with Crippen LogP contribution >= 0.6 is 11.6 Å². The van der Waals surface area contributed by atoms with Crippen LogP contribution in [0.1, 0.15) is 15.9 Å². The molecular formula is C23H22ClN3O4S. The summed E-state index contributed by atoms with van der Waals surface area (Å²) in [4.78, 5) is 26.2. The van der Waals surface area contributed by atoms with Gasteiger partial charge >= 0.3 is 0 Å². The van der Waals surface area contributed by atoms with E-state index in [1.165, 1.54) is 36.2 Å². The molecule has 0 aromatic heterocycles. The Labute approximate surface area is 192 Å². The molecule has 3 rings (SSSR count). The average Bonchev–Trinajstić information content (AvgIpc) is 2.76. The van der Waals surface area contributed by atoms with Crippen LogP contribution in [0, 0.1) is 6.92 Å². The Morgan fingerprint density at radius 2 is 1.50 bits per heavy atom. The number of hydrogen-bond donors (Lipinski definition) is 2. The van der Waals surface area contributed by atoms with Crippen molar-refractivity contribution >= 4 is 44.8 Å². The van der Waals surface area contributed by atoms with Gasteiger partial charge in [0.05, 0.1) is 27.8 Å². The van der Waals surface area contributed by atoms with E-state index in [4.69, 9.17) is 11.6 Å². The van der Waals surface area contributed by atoms with E-state index in [-0.39, 0.29) is 17.0 Å². The third kappa shape index (κ3) is 5.66. The first-order chi connectivity index (χ1) is 15.2. The van der Waals surface area contributed by atoms with Crippen molar-refractivity contribution in [3.63, 3.8) is 0 Å². The second-order valence-corrected chi connectivity index (χ2v) is 9.22. The van der Waals surface area contributed by atoms with Crippen LogP contribution in [-0.2, 0) is 14.8 Å². The van der Waals surface area contributed by atoms with Gasteiger partial charge in [-0.3, -0.25) is 14.3 Å². The molecule has 0 saturated heterocycles. The Morgan fingerprint density at radius 1 is 0.906 bits per heavy atom. The lowest BCUT2D eigenvalue weighted by Crippen LogP contribution is -2.35. The number of carbonyl (C=O) groups excluding carboxylic acids is 2. The number of hydrogen-bond acceptors (Lipinski definition) is 4. The number of nitrogens with one attached hydrogen (secondary N) is 2. The van der Waals surface area contributed by atoms with Crippen LogP contribution in [0.15, 0.2) is 77.7 Å². The van der Waals surface area contributed by atoms with Gasteiger partial charge in [0.25, 0.3) is 15.9 Å². The Balaban J connectivity index is 1.65. The minimum Gasteiger partial charge on any atom is -0.332 e. The third-order valence-electron chi connectivity index (χ3n) is 4.68. The number of nitrogens with zero attached hydrogens (tertiary/aromatic N) is 1. The van der Waals surface area contributed by atoms with Crippen molar-refractivity contribution in [2.75, 3.05) is 23.6 Å². The normalized spacial score (nSPS) is 11.0. The first kappa shape index (κ1) is 23.3. The zero-order valence-corrected chi connectivity index (χ0v) is 19.1. The Kier molecular flexibility index (Phi) is 7.17. The highest BCUT2D eigenvalue weighted by Crippen LogP contribution is 2.21. The lowest BCUT2D eigenvalue weighted by atomic mass is 10.2. The fraction of sp³-hybridized carbons (Fsp3) is 0.130. The summed E-state index contributed by atoms with van der Waals surface area (Å²) >= 11 is 6.03. The predicted molar refractivity (Wildman–Crippen MR) is 125 cm³/mol. The van der Waals surface area contributed by atoms with Gasteiger partial charge in [-0.2, -0.15) is 0 Å². The third-order valence-corrected chi connectivity index (χ3v) is 6.39. The second kappa shape index (κ2) is 9.84. The lowest BCUT2D eigenvalue weighted by Gasteiger charge is -2.17. The molecule has 2 amide bonds. The van der Waals surface area contributed by atoms with Crippen molar-refractivity contribution in [1.82, 2.24) is 4.90 Å². The molecule has 0 aliphatic carbocycles. The molecule has 0 unspecified atom stereocenters. The Morgan fingerprint density at radius 3 is 2.12 bits per heavy atom. The lowest BCUT2D eigenvalue weighted by molar-refractivity contribution is -0.116. The molecule has 7 nitrogen and oxygen atoms in total. The van der Waals surface area contributed by atoms with Crippen molar-refractivity contribution in [3.8, 4) is 0 Å². The number of halogens is 1. The van der Waals surface area contributed by atoms with E-state index in [1.807, 2.05) is 6.07 Å². The van der Waals surface area contributed by atoms with Crippen LogP contribution in [-0.4, -0.2) is 38.7 Å². The molecule has 9 heteroatoms. The summed E-state index contributed by atoms with van der Waals surface area (Å²) in [5.41, 5.74) is 1.99. The highest BCUT2D eigenvalue weighted by atomic mass is 35.5. The average molecular weight is 472 g/mol. The highest BCUT2D eigenvalue weighted by Gasteiger charge is 2.19. The first-order valence-electron chi connectivity index (χ1n) is 9.66. The summed E-state index contributed by atoms with van der Waals surface area (Å²) < 4.78 is 27.8. The number of rotatable bonds is 7. The Bertz CT molecular complexity index is 1240. The van der Waals surface area contributed by atoms with Crippen LogP contribution in [0.5, 0.6) is 0 Å². The van der Waals surface area contributed by atoms with Crippen molar-refractivity contribution in [2.24, 2.45) is 0 Å². The second-order valence-electron chi connectivity index (χ2n) is 7.13. The van der Waals surface area contributed by atoms with E-state index in [9.17, 15) is 18.0 Å². The fourth-order valence-electron chi connectivity index (χ4n) is 2.93. The quantitative estimate of drug-likeness (QED) is 0.540. The standard InChI is InChI=1S/C23H22ClN3O4S/c1-16-7-3-5-9-20(16)26-32(30,31)18-13-11-17(12-14-18)23(29)27(2)15-22(28)25-21-10-6-4-8-19(21)24/h3-14,26H,15H2,1-2H3,(H,25,28). The molecule has 0 radical (unpaired) electrons. The van der Waals surface area contributed by atoms with Crippen molar-refractivity contribution < 1.29 is 18.0 Å². The molecule has 0 fully saturated rings. The van der Waals surface area contributed by atoms with Crippen LogP contribution in [0.25, 0.3) is 0 Å². The van der Waals surface area contributed by atoms with Gasteiger partial charge < -0.3 is 10.2 Å². The molecule has 0 heterocycles. The topological polar surface area (TPSA) is 95.6 Å². The zero-order chi connectivity index (χ0) is 23.3. The van der Waals surface area contributed by atoms with Crippen molar-refractivity contribution in [1.29, 1.82) is 0 Å². The van der Waals surface area contributed by atoms with Gasteiger partial charge in [-0.15, -0.1) is 0 Å². The van der Waals surface area contributed by atoms with Gasteiger partial charge in [0, 0.05) is 12.6 Å². The summed E-state index contributed by atoms with van der Waals surface area (Å²) in [5.74, 6) is -0.828. The summed E-state index contributed by atoms with van der Waals surface area (Å²) in [6.45, 7) is 1.61. The number of amides is 2. The minimum absolute atomic E-state index is 0.0245. The molecule has 0 aliphatic heterocycles. The number of anilines is 2. The summed E-state index contributed by atoms with van der Waals surface area (Å²) in [6, 6.07) is 19.4. The van der Waals surface area contributed by atoms with E-state index in [0.29, 0.717) is 16.4 Å². The molecular weight excluding hydrogens is 450 g/mol. The smallest absolute Gasteiger partial charge is 0.261 e. The summed E-state index contributed by atoms with van der Waals surface area (Å²) in [7, 11) is -2.32. The highest BCUT2D eigenvalue weighted by molar-refractivity contribution is 7.92. The van der Waals surface area contributed by atoms with Crippen LogP contribution in [0.2, 0.25) is 5.02 Å². The molecule has 0 spiro atoms. The molecule has 0 aliphatic rings. The van der Waals surface area contributed by atoms with Crippen molar-refractivity contribution in [2.45, 2.75) is 11.8 Å². The van der Waals surface area contributed by atoms with Gasteiger partial charge in [-0.1, -0.05) is 41.9 Å². The van der Waals surface area contributed by atoms with E-state index in [2.05, 4.69) is 10.0 Å². The fourth-order valence-corrected chi connectivity index (χ4v) is 4.24. The molecule has 166 valence electrons. The summed E-state index contributed by atoms with van der Waals surface area (Å²) in [6.07, 6.45) is 0. The molecule has 3 aromatic rings. The van der Waals surface area contributed by atoms with Gasteiger partial charge in [0.15, 0.2) is 0 Å². The molecule has 0 atom stereocenters. The van der Waals surface area contributed by atoms with Gasteiger partial charge in [0.2, 0.25) is 5.91 Å². The monoisotopic (exact) mass is 471 g/mol. The van der Waals surface area contributed by atoms with E-state index < -0.39 is 21.8 Å².